The maximum absolute atomic E-state index is 11.7. The van der Waals surface area contributed by atoms with E-state index in [4.69, 9.17) is 19.2 Å². The molecule has 34 heavy (non-hydrogen) atoms. The zero-order chi connectivity index (χ0) is 23.5. The minimum atomic E-state index is -0.448. The average molecular weight is 481 g/mol. The van der Waals surface area contributed by atoms with E-state index in [1.807, 2.05) is 29.6 Å². The molecule has 0 unspecified atom stereocenters. The third kappa shape index (κ3) is 4.41. The Bertz CT molecular complexity index is 1310. The normalized spacial score (nSPS) is 16.3. The Morgan fingerprint density at radius 1 is 1.18 bits per heavy atom. The van der Waals surface area contributed by atoms with Crippen LogP contribution in [0.25, 0.3) is 11.3 Å². The summed E-state index contributed by atoms with van der Waals surface area (Å²) in [6.07, 6.45) is 7.18. The van der Waals surface area contributed by atoms with Gasteiger partial charge in [0.15, 0.2) is 11.5 Å². The van der Waals surface area contributed by atoms with Crippen LogP contribution in [0.3, 0.4) is 0 Å². The molecule has 1 fully saturated rings. The van der Waals surface area contributed by atoms with E-state index in [0.717, 1.165) is 28.9 Å². The highest BCUT2D eigenvalue weighted by atomic mass is 32.1. The van der Waals surface area contributed by atoms with Crippen LogP contribution in [0.5, 0.6) is 17.2 Å². The van der Waals surface area contributed by atoms with Crippen LogP contribution in [0, 0.1) is 10.1 Å². The summed E-state index contributed by atoms with van der Waals surface area (Å²) in [5, 5.41) is 18.4. The van der Waals surface area contributed by atoms with Crippen molar-refractivity contribution in [1.82, 2.24) is 4.68 Å². The van der Waals surface area contributed by atoms with Gasteiger partial charge in [0.2, 0.25) is 11.6 Å². The first-order valence-electron chi connectivity index (χ1n) is 11.1. The molecule has 2 aromatic carbocycles. The molecule has 2 aliphatic rings. The number of benzene rings is 2. The van der Waals surface area contributed by atoms with Crippen molar-refractivity contribution in [3.8, 4) is 28.5 Å². The number of hydrogen-bond acceptors (Lipinski definition) is 8. The summed E-state index contributed by atoms with van der Waals surface area (Å²) in [4.78, 5) is 17.0. The highest BCUT2D eigenvalue weighted by Crippen LogP contribution is 2.37. The topological polar surface area (TPSA) is 100 Å². The largest absolute Gasteiger partial charge is 0.496 e. The van der Waals surface area contributed by atoms with Crippen LogP contribution >= 0.6 is 11.3 Å². The number of rotatable bonds is 6. The third-order valence-corrected chi connectivity index (χ3v) is 6.80. The Balaban J connectivity index is 1.62. The minimum absolute atomic E-state index is 0.0364. The first kappa shape index (κ1) is 22.1. The third-order valence-electron chi connectivity index (χ3n) is 5.97. The first-order chi connectivity index (χ1) is 16.6. The van der Waals surface area contributed by atoms with Crippen molar-refractivity contribution in [2.75, 3.05) is 13.9 Å². The second kappa shape index (κ2) is 9.68. The van der Waals surface area contributed by atoms with Crippen molar-refractivity contribution in [3.05, 3.63) is 62.3 Å². The lowest BCUT2D eigenvalue weighted by Crippen LogP contribution is -2.19. The Morgan fingerprint density at radius 2 is 1.94 bits per heavy atom. The van der Waals surface area contributed by atoms with Crippen LogP contribution in [0.4, 0.5) is 5.69 Å². The van der Waals surface area contributed by atoms with E-state index in [0.29, 0.717) is 22.8 Å². The summed E-state index contributed by atoms with van der Waals surface area (Å²) < 4.78 is 18.0. The van der Waals surface area contributed by atoms with Gasteiger partial charge in [-0.2, -0.15) is 5.10 Å². The number of para-hydroxylation sites is 1. The van der Waals surface area contributed by atoms with Crippen LogP contribution in [-0.2, 0) is 0 Å². The van der Waals surface area contributed by atoms with E-state index >= 15 is 0 Å². The predicted molar refractivity (Wildman–Crippen MR) is 129 cm³/mol. The van der Waals surface area contributed by atoms with Crippen molar-refractivity contribution in [2.45, 2.75) is 38.1 Å². The number of nitrogens with zero attached hydrogens (tertiary/aromatic N) is 4. The standard InChI is InChI=1S/C24H24N4O5S/c1-31-21-10-6-5-9-18(21)20-14-34-24(26-17-7-3-2-4-8-17)27(20)25-13-16-11-22-23(33-15-32-22)12-19(16)28(29)30/h5-6,9-14,17H,2-4,7-8,15H2,1H3. The molecule has 10 heteroatoms. The molecule has 1 aliphatic heterocycles. The minimum Gasteiger partial charge on any atom is -0.496 e. The predicted octanol–water partition coefficient (Wildman–Crippen LogP) is 4.98. The van der Waals surface area contributed by atoms with Crippen molar-refractivity contribution in [2.24, 2.45) is 10.1 Å². The fourth-order valence-corrected chi connectivity index (χ4v) is 5.14. The molecule has 5 rings (SSSR count). The lowest BCUT2D eigenvalue weighted by Gasteiger charge is -2.17. The molecule has 0 saturated heterocycles. The second-order valence-corrected chi connectivity index (χ2v) is 8.94. The molecule has 0 radical (unpaired) electrons. The van der Waals surface area contributed by atoms with Gasteiger partial charge in [-0.15, -0.1) is 11.3 Å². The van der Waals surface area contributed by atoms with Gasteiger partial charge in [0.1, 0.15) is 5.75 Å². The molecule has 3 aromatic rings. The van der Waals surface area contributed by atoms with Gasteiger partial charge in [-0.05, 0) is 31.0 Å². The molecule has 1 saturated carbocycles. The van der Waals surface area contributed by atoms with Crippen molar-refractivity contribution in [3.63, 3.8) is 0 Å². The van der Waals surface area contributed by atoms with E-state index < -0.39 is 4.92 Å². The van der Waals surface area contributed by atoms with Gasteiger partial charge in [0.25, 0.3) is 5.69 Å². The summed E-state index contributed by atoms with van der Waals surface area (Å²) in [7, 11) is 1.63. The van der Waals surface area contributed by atoms with E-state index in [9.17, 15) is 10.1 Å². The highest BCUT2D eigenvalue weighted by Gasteiger charge is 2.23. The number of nitro benzene ring substituents is 1. The number of ether oxygens (including phenoxy) is 3. The van der Waals surface area contributed by atoms with Crippen LogP contribution in [0.1, 0.15) is 37.7 Å². The summed E-state index contributed by atoms with van der Waals surface area (Å²) in [5.74, 6) is 1.52. The van der Waals surface area contributed by atoms with E-state index in [2.05, 4.69) is 5.10 Å². The molecule has 1 aliphatic carbocycles. The van der Waals surface area contributed by atoms with E-state index in [-0.39, 0.29) is 18.5 Å². The fraction of sp³-hybridized carbons (Fsp3) is 0.333. The van der Waals surface area contributed by atoms with Crippen LogP contribution in [0.15, 0.2) is 51.9 Å². The van der Waals surface area contributed by atoms with Crippen LogP contribution in [-0.4, -0.2) is 35.8 Å². The zero-order valence-electron chi connectivity index (χ0n) is 18.7. The lowest BCUT2D eigenvalue weighted by atomic mass is 9.96. The molecule has 1 aromatic heterocycles. The number of methoxy groups -OCH3 is 1. The molecule has 0 spiro atoms. The summed E-state index contributed by atoms with van der Waals surface area (Å²) >= 11 is 1.50. The fourth-order valence-electron chi connectivity index (χ4n) is 4.24. The van der Waals surface area contributed by atoms with Gasteiger partial charge < -0.3 is 14.2 Å². The van der Waals surface area contributed by atoms with Gasteiger partial charge in [0, 0.05) is 10.9 Å². The van der Waals surface area contributed by atoms with Gasteiger partial charge in [0.05, 0.1) is 41.6 Å². The van der Waals surface area contributed by atoms with Gasteiger partial charge in [-0.25, -0.2) is 4.68 Å². The van der Waals surface area contributed by atoms with Crippen molar-refractivity contribution in [1.29, 1.82) is 0 Å². The average Bonchev–Trinajstić information content (AvgIpc) is 3.49. The Labute approximate surface area is 200 Å². The highest BCUT2D eigenvalue weighted by molar-refractivity contribution is 7.07. The van der Waals surface area contributed by atoms with E-state index in [1.54, 1.807) is 17.9 Å². The lowest BCUT2D eigenvalue weighted by molar-refractivity contribution is -0.385. The SMILES string of the molecule is COc1ccccc1-c1csc(=NC2CCCCC2)n1N=Cc1cc2c(cc1[N+](=O)[O-])OCO2. The summed E-state index contributed by atoms with van der Waals surface area (Å²) in [6, 6.07) is 10.9. The maximum atomic E-state index is 11.7. The van der Waals surface area contributed by atoms with Crippen molar-refractivity contribution < 1.29 is 19.1 Å². The molecule has 176 valence electrons. The van der Waals surface area contributed by atoms with Gasteiger partial charge in [-0.1, -0.05) is 31.4 Å². The second-order valence-electron chi connectivity index (χ2n) is 8.10. The molecule has 9 nitrogen and oxygen atoms in total. The zero-order valence-corrected chi connectivity index (χ0v) is 19.5. The molecular formula is C24H24N4O5S. The number of fused-ring (bicyclic) bond motifs is 1. The number of thiazole rings is 1. The van der Waals surface area contributed by atoms with Crippen LogP contribution in [0.2, 0.25) is 0 Å². The van der Waals surface area contributed by atoms with Crippen molar-refractivity contribution >= 4 is 23.2 Å². The summed E-state index contributed by atoms with van der Waals surface area (Å²) in [5.41, 5.74) is 1.89. The van der Waals surface area contributed by atoms with Gasteiger partial charge in [-0.3, -0.25) is 15.1 Å². The monoisotopic (exact) mass is 480 g/mol. The molecule has 0 bridgehead atoms. The van der Waals surface area contributed by atoms with E-state index in [1.165, 1.54) is 42.9 Å². The Hall–Kier alpha value is -3.66. The molecule has 0 amide bonds. The number of hydrogen-bond donors (Lipinski definition) is 0. The van der Waals surface area contributed by atoms with Gasteiger partial charge >= 0.3 is 0 Å². The molecule has 2 heterocycles. The molecule has 0 atom stereocenters. The number of aromatic nitrogens is 1. The quantitative estimate of drug-likeness (QED) is 0.281. The first-order valence-corrected chi connectivity index (χ1v) is 12.0. The molecular weight excluding hydrogens is 456 g/mol. The maximum Gasteiger partial charge on any atom is 0.282 e. The summed E-state index contributed by atoms with van der Waals surface area (Å²) in [6.45, 7) is 0.0364. The van der Waals surface area contributed by atoms with Crippen LogP contribution < -0.4 is 19.0 Å². The molecule has 0 N–H and O–H groups in total. The Kier molecular flexibility index (Phi) is 6.31. The smallest absolute Gasteiger partial charge is 0.282 e. The number of nitro groups is 1. The Morgan fingerprint density at radius 3 is 2.71 bits per heavy atom.